The van der Waals surface area contributed by atoms with Gasteiger partial charge in [-0.15, -0.1) is 0 Å². The Morgan fingerprint density at radius 1 is 1.36 bits per heavy atom. The van der Waals surface area contributed by atoms with Crippen molar-refractivity contribution in [1.82, 2.24) is 9.97 Å². The highest BCUT2D eigenvalue weighted by Gasteiger charge is 1.93. The van der Waals surface area contributed by atoms with Gasteiger partial charge in [0.05, 0.1) is 5.52 Å². The van der Waals surface area contributed by atoms with Gasteiger partial charge in [-0.2, -0.15) is 0 Å². The van der Waals surface area contributed by atoms with Crippen molar-refractivity contribution in [1.29, 1.82) is 0 Å². The Labute approximate surface area is 82.3 Å². The van der Waals surface area contributed by atoms with Crippen LogP contribution in [0.2, 0.25) is 0 Å². The molecule has 1 heterocycles. The van der Waals surface area contributed by atoms with Crippen LogP contribution in [-0.4, -0.2) is 16.5 Å². The molecule has 1 aromatic heterocycles. The van der Waals surface area contributed by atoms with E-state index in [-0.39, 0.29) is 0 Å². The Morgan fingerprint density at radius 3 is 3.14 bits per heavy atom. The van der Waals surface area contributed by atoms with Crippen LogP contribution in [0, 0.1) is 0 Å². The topological polar surface area (TPSA) is 51.8 Å². The van der Waals surface area contributed by atoms with Crippen molar-refractivity contribution in [3.05, 3.63) is 42.4 Å². The zero-order chi connectivity index (χ0) is 9.80. The second-order valence-corrected chi connectivity index (χ2v) is 2.98. The van der Waals surface area contributed by atoms with E-state index in [4.69, 9.17) is 5.73 Å². The highest BCUT2D eigenvalue weighted by molar-refractivity contribution is 5.80. The number of nitrogens with two attached hydrogens (primary N) is 1. The molecule has 0 unspecified atom stereocenters. The lowest BCUT2D eigenvalue weighted by atomic mass is 10.1. The highest BCUT2D eigenvalue weighted by Crippen LogP contribution is 2.12. The molecule has 2 N–H and O–H groups in total. The third kappa shape index (κ3) is 1.78. The summed E-state index contributed by atoms with van der Waals surface area (Å²) in [6.07, 6.45) is 7.28. The molecule has 0 spiro atoms. The van der Waals surface area contributed by atoms with Crippen molar-refractivity contribution < 1.29 is 0 Å². The van der Waals surface area contributed by atoms with Crippen molar-refractivity contribution in [3.8, 4) is 0 Å². The van der Waals surface area contributed by atoms with E-state index < -0.39 is 0 Å². The molecule has 0 aliphatic heterocycles. The van der Waals surface area contributed by atoms with E-state index in [0.29, 0.717) is 6.54 Å². The summed E-state index contributed by atoms with van der Waals surface area (Å²) in [5.74, 6) is 0. The number of benzene rings is 1. The Bertz CT molecular complexity index is 463. The van der Waals surface area contributed by atoms with E-state index in [2.05, 4.69) is 9.97 Å². The minimum atomic E-state index is 0.559. The van der Waals surface area contributed by atoms with Crippen LogP contribution < -0.4 is 5.73 Å². The molecule has 0 bridgehead atoms. The third-order valence-electron chi connectivity index (χ3n) is 1.98. The Morgan fingerprint density at radius 2 is 2.29 bits per heavy atom. The zero-order valence-corrected chi connectivity index (χ0v) is 7.72. The zero-order valence-electron chi connectivity index (χ0n) is 7.72. The lowest BCUT2D eigenvalue weighted by molar-refractivity contribution is 1.22. The van der Waals surface area contributed by atoms with Gasteiger partial charge in [0, 0.05) is 18.1 Å². The normalized spacial score (nSPS) is 11.2. The molecule has 14 heavy (non-hydrogen) atoms. The van der Waals surface area contributed by atoms with E-state index in [9.17, 15) is 0 Å². The van der Waals surface area contributed by atoms with Crippen molar-refractivity contribution >= 4 is 17.0 Å². The number of hydrogen-bond donors (Lipinski definition) is 1. The molecule has 0 fully saturated rings. The fraction of sp³-hybridized carbons (Fsp3) is 0.0909. The van der Waals surface area contributed by atoms with Gasteiger partial charge in [0.15, 0.2) is 0 Å². The minimum Gasteiger partial charge on any atom is -0.327 e. The van der Waals surface area contributed by atoms with Gasteiger partial charge in [0.1, 0.15) is 6.33 Å². The number of fused-ring (bicyclic) bond motifs is 1. The molecule has 0 aliphatic rings. The highest BCUT2D eigenvalue weighted by atomic mass is 14.8. The molecule has 3 nitrogen and oxygen atoms in total. The minimum absolute atomic E-state index is 0.559. The predicted molar refractivity (Wildman–Crippen MR) is 57.6 cm³/mol. The summed E-state index contributed by atoms with van der Waals surface area (Å²) in [4.78, 5) is 8.12. The Kier molecular flexibility index (Phi) is 2.51. The van der Waals surface area contributed by atoms with Gasteiger partial charge in [0.25, 0.3) is 0 Å². The maximum atomic E-state index is 5.38. The molecule has 0 radical (unpaired) electrons. The summed E-state index contributed by atoms with van der Waals surface area (Å²) in [5, 5.41) is 1.05. The molecule has 0 aliphatic carbocycles. The Balaban J connectivity index is 2.46. The van der Waals surface area contributed by atoms with Crippen LogP contribution in [0.1, 0.15) is 5.56 Å². The predicted octanol–water partition coefficient (Wildman–Crippen LogP) is 1.60. The molecular weight excluding hydrogens is 174 g/mol. The standard InChI is InChI=1S/C11H11N3/c12-5-1-2-9-3-4-11-10(6-9)7-13-8-14-11/h1-4,6-8H,5,12H2/b2-1+. The third-order valence-corrected chi connectivity index (χ3v) is 1.98. The molecule has 2 aromatic rings. The van der Waals surface area contributed by atoms with Gasteiger partial charge in [-0.05, 0) is 17.7 Å². The lowest BCUT2D eigenvalue weighted by Crippen LogP contribution is -1.91. The average molecular weight is 185 g/mol. The van der Waals surface area contributed by atoms with Gasteiger partial charge < -0.3 is 5.73 Å². The SMILES string of the molecule is NC/C=C/c1ccc2ncncc2c1. The van der Waals surface area contributed by atoms with Crippen LogP contribution in [0.3, 0.4) is 0 Å². The van der Waals surface area contributed by atoms with Crippen LogP contribution in [0.25, 0.3) is 17.0 Å². The molecule has 0 saturated carbocycles. The maximum absolute atomic E-state index is 5.38. The fourth-order valence-electron chi connectivity index (χ4n) is 1.31. The number of hydrogen-bond acceptors (Lipinski definition) is 3. The molecule has 2 rings (SSSR count). The van der Waals surface area contributed by atoms with Crippen molar-refractivity contribution in [2.45, 2.75) is 0 Å². The van der Waals surface area contributed by atoms with Crippen LogP contribution in [-0.2, 0) is 0 Å². The summed E-state index contributed by atoms with van der Waals surface area (Å²) in [5.41, 5.74) is 7.46. The van der Waals surface area contributed by atoms with E-state index in [1.165, 1.54) is 0 Å². The largest absolute Gasteiger partial charge is 0.327 e. The molecular formula is C11H11N3. The number of aromatic nitrogens is 2. The summed E-state index contributed by atoms with van der Waals surface area (Å²) in [6.45, 7) is 0.559. The van der Waals surface area contributed by atoms with Crippen molar-refractivity contribution in [2.75, 3.05) is 6.54 Å². The smallest absolute Gasteiger partial charge is 0.116 e. The molecule has 1 aromatic carbocycles. The van der Waals surface area contributed by atoms with Gasteiger partial charge in [0.2, 0.25) is 0 Å². The quantitative estimate of drug-likeness (QED) is 0.773. The first-order valence-electron chi connectivity index (χ1n) is 4.46. The van der Waals surface area contributed by atoms with E-state index >= 15 is 0 Å². The average Bonchev–Trinajstić information content (AvgIpc) is 2.26. The van der Waals surface area contributed by atoms with Crippen molar-refractivity contribution in [3.63, 3.8) is 0 Å². The van der Waals surface area contributed by atoms with E-state index in [0.717, 1.165) is 16.5 Å². The summed E-state index contributed by atoms with van der Waals surface area (Å²) in [6, 6.07) is 6.04. The molecule has 70 valence electrons. The van der Waals surface area contributed by atoms with Crippen LogP contribution in [0.4, 0.5) is 0 Å². The number of nitrogens with zero attached hydrogens (tertiary/aromatic N) is 2. The van der Waals surface area contributed by atoms with E-state index in [1.54, 1.807) is 6.33 Å². The maximum Gasteiger partial charge on any atom is 0.116 e. The second kappa shape index (κ2) is 3.98. The lowest BCUT2D eigenvalue weighted by Gasteiger charge is -1.97. The Hall–Kier alpha value is -1.74. The summed E-state index contributed by atoms with van der Waals surface area (Å²) < 4.78 is 0. The summed E-state index contributed by atoms with van der Waals surface area (Å²) in [7, 11) is 0. The van der Waals surface area contributed by atoms with Crippen LogP contribution >= 0.6 is 0 Å². The van der Waals surface area contributed by atoms with Crippen LogP contribution in [0.15, 0.2) is 36.8 Å². The summed E-state index contributed by atoms with van der Waals surface area (Å²) >= 11 is 0. The molecule has 0 saturated heterocycles. The first-order chi connectivity index (χ1) is 6.90. The first-order valence-corrected chi connectivity index (χ1v) is 4.46. The van der Waals surface area contributed by atoms with Crippen molar-refractivity contribution in [2.24, 2.45) is 5.73 Å². The second-order valence-electron chi connectivity index (χ2n) is 2.98. The molecule has 0 atom stereocenters. The van der Waals surface area contributed by atoms with E-state index in [1.807, 2.05) is 36.5 Å². The fourth-order valence-corrected chi connectivity index (χ4v) is 1.31. The molecule has 0 amide bonds. The first kappa shape index (κ1) is 8.84. The number of rotatable bonds is 2. The van der Waals surface area contributed by atoms with Gasteiger partial charge in [-0.25, -0.2) is 9.97 Å². The van der Waals surface area contributed by atoms with Crippen LogP contribution in [0.5, 0.6) is 0 Å². The van der Waals surface area contributed by atoms with Gasteiger partial charge in [-0.3, -0.25) is 0 Å². The van der Waals surface area contributed by atoms with Gasteiger partial charge >= 0.3 is 0 Å². The van der Waals surface area contributed by atoms with Gasteiger partial charge in [-0.1, -0.05) is 18.2 Å². The monoisotopic (exact) mass is 185 g/mol. The molecule has 3 heteroatoms.